The van der Waals surface area contributed by atoms with Gasteiger partial charge in [-0.05, 0) is 37.8 Å². The summed E-state index contributed by atoms with van der Waals surface area (Å²) in [4.78, 5) is 34.8. The summed E-state index contributed by atoms with van der Waals surface area (Å²) in [6, 6.07) is 11.8. The van der Waals surface area contributed by atoms with E-state index in [0.717, 1.165) is 35.5 Å². The molecule has 0 saturated carbocycles. The van der Waals surface area contributed by atoms with Crippen LogP contribution in [-0.4, -0.2) is 33.0 Å². The number of Topliss-reactive ketones (excluding diaryl/α,β-unsaturated/α-hetero) is 1. The number of aromatic nitrogens is 3. The van der Waals surface area contributed by atoms with Crippen LogP contribution in [0.4, 0.5) is 5.13 Å². The molecular formula is C21H20N4O2S2. The SMILES string of the molecule is Cc1cc2c(=O)n3nc(N4CCC[C@@H]4C(=O)CCc4ccccc4)sc3nc2s1. The Morgan fingerprint density at radius 3 is 2.90 bits per heavy atom. The van der Waals surface area contributed by atoms with Gasteiger partial charge in [-0.3, -0.25) is 9.59 Å². The van der Waals surface area contributed by atoms with Crippen molar-refractivity contribution in [2.45, 2.75) is 38.6 Å². The van der Waals surface area contributed by atoms with E-state index in [1.54, 1.807) is 0 Å². The second-order valence-electron chi connectivity index (χ2n) is 7.38. The first-order valence-corrected chi connectivity index (χ1v) is 11.4. The second-order valence-corrected chi connectivity index (χ2v) is 9.54. The van der Waals surface area contributed by atoms with E-state index >= 15 is 0 Å². The summed E-state index contributed by atoms with van der Waals surface area (Å²) in [5, 5.41) is 5.86. The zero-order valence-corrected chi connectivity index (χ0v) is 17.6. The van der Waals surface area contributed by atoms with E-state index in [1.165, 1.54) is 32.8 Å². The fourth-order valence-corrected chi connectivity index (χ4v) is 5.84. The molecular weight excluding hydrogens is 404 g/mol. The lowest BCUT2D eigenvalue weighted by Gasteiger charge is -2.22. The molecule has 4 heterocycles. The minimum Gasteiger partial charge on any atom is -0.337 e. The molecule has 5 rings (SSSR count). The Balaban J connectivity index is 1.41. The average molecular weight is 425 g/mol. The van der Waals surface area contributed by atoms with E-state index in [-0.39, 0.29) is 17.4 Å². The highest BCUT2D eigenvalue weighted by atomic mass is 32.1. The van der Waals surface area contributed by atoms with Gasteiger partial charge in [-0.2, -0.15) is 4.52 Å². The van der Waals surface area contributed by atoms with Gasteiger partial charge in [0.05, 0.1) is 11.4 Å². The van der Waals surface area contributed by atoms with Gasteiger partial charge in [0.25, 0.3) is 5.56 Å². The van der Waals surface area contributed by atoms with E-state index in [9.17, 15) is 9.59 Å². The van der Waals surface area contributed by atoms with Crippen molar-refractivity contribution in [3.63, 3.8) is 0 Å². The molecule has 4 aromatic rings. The molecule has 3 aromatic heterocycles. The lowest BCUT2D eigenvalue weighted by atomic mass is 10.0. The number of carbonyl (C=O) groups excluding carboxylic acids is 1. The Labute approximate surface area is 175 Å². The van der Waals surface area contributed by atoms with Gasteiger partial charge in [-0.1, -0.05) is 41.7 Å². The van der Waals surface area contributed by atoms with Crippen LogP contribution in [0.5, 0.6) is 0 Å². The molecule has 0 aliphatic carbocycles. The Hall–Kier alpha value is -2.58. The van der Waals surface area contributed by atoms with Gasteiger partial charge in [0.15, 0.2) is 5.78 Å². The van der Waals surface area contributed by atoms with Gasteiger partial charge in [0.1, 0.15) is 4.83 Å². The number of benzene rings is 1. The lowest BCUT2D eigenvalue weighted by Crippen LogP contribution is -2.36. The number of anilines is 1. The highest BCUT2D eigenvalue weighted by Crippen LogP contribution is 2.31. The number of hydrogen-bond acceptors (Lipinski definition) is 7. The van der Waals surface area contributed by atoms with Crippen molar-refractivity contribution >= 4 is 48.8 Å². The molecule has 0 amide bonds. The first-order valence-electron chi connectivity index (χ1n) is 9.73. The lowest BCUT2D eigenvalue weighted by molar-refractivity contribution is -0.120. The molecule has 0 N–H and O–H groups in total. The summed E-state index contributed by atoms with van der Waals surface area (Å²) < 4.78 is 1.39. The van der Waals surface area contributed by atoms with Crippen LogP contribution in [0, 0.1) is 6.92 Å². The molecule has 1 aliphatic heterocycles. The average Bonchev–Trinajstić information content (AvgIpc) is 3.44. The summed E-state index contributed by atoms with van der Waals surface area (Å²) in [5.41, 5.74) is 1.04. The van der Waals surface area contributed by atoms with Crippen LogP contribution in [0.2, 0.25) is 0 Å². The summed E-state index contributed by atoms with van der Waals surface area (Å²) in [7, 11) is 0. The number of thiophene rings is 1. The van der Waals surface area contributed by atoms with Crippen LogP contribution >= 0.6 is 22.7 Å². The number of carbonyl (C=O) groups is 1. The first-order chi connectivity index (χ1) is 14.1. The first kappa shape index (κ1) is 18.4. The molecule has 1 saturated heterocycles. The maximum Gasteiger partial charge on any atom is 0.284 e. The predicted octanol–water partition coefficient (Wildman–Crippen LogP) is 3.84. The predicted molar refractivity (Wildman–Crippen MR) is 117 cm³/mol. The van der Waals surface area contributed by atoms with Crippen LogP contribution in [-0.2, 0) is 11.2 Å². The molecule has 0 unspecified atom stereocenters. The van der Waals surface area contributed by atoms with Crippen molar-refractivity contribution < 1.29 is 4.79 Å². The van der Waals surface area contributed by atoms with E-state index in [0.29, 0.717) is 21.9 Å². The number of nitrogens with zero attached hydrogens (tertiary/aromatic N) is 4. The molecule has 148 valence electrons. The molecule has 1 atom stereocenters. The molecule has 1 fully saturated rings. The topological polar surface area (TPSA) is 67.6 Å². The van der Waals surface area contributed by atoms with Crippen LogP contribution in [0.25, 0.3) is 15.2 Å². The van der Waals surface area contributed by atoms with Gasteiger partial charge in [-0.15, -0.1) is 16.4 Å². The van der Waals surface area contributed by atoms with E-state index < -0.39 is 0 Å². The van der Waals surface area contributed by atoms with Crippen molar-refractivity contribution in [1.82, 2.24) is 14.6 Å². The number of rotatable bonds is 5. The number of ketones is 1. The highest BCUT2D eigenvalue weighted by Gasteiger charge is 2.32. The van der Waals surface area contributed by atoms with Crippen molar-refractivity contribution in [3.05, 3.63) is 57.2 Å². The van der Waals surface area contributed by atoms with Gasteiger partial charge in [0.2, 0.25) is 10.1 Å². The molecule has 0 radical (unpaired) electrons. The fourth-order valence-electron chi connectivity index (χ4n) is 3.94. The third-order valence-electron chi connectivity index (χ3n) is 5.38. The molecule has 8 heteroatoms. The third-order valence-corrected chi connectivity index (χ3v) is 7.27. The summed E-state index contributed by atoms with van der Waals surface area (Å²) >= 11 is 2.91. The van der Waals surface area contributed by atoms with Crippen LogP contribution < -0.4 is 10.5 Å². The molecule has 6 nitrogen and oxygen atoms in total. The monoisotopic (exact) mass is 424 g/mol. The van der Waals surface area contributed by atoms with Crippen molar-refractivity contribution in [2.24, 2.45) is 0 Å². The minimum absolute atomic E-state index is 0.136. The Morgan fingerprint density at radius 2 is 2.07 bits per heavy atom. The zero-order chi connectivity index (χ0) is 20.0. The number of aryl methyl sites for hydroxylation is 2. The van der Waals surface area contributed by atoms with Gasteiger partial charge in [-0.25, -0.2) is 4.98 Å². The molecule has 1 aliphatic rings. The van der Waals surface area contributed by atoms with Gasteiger partial charge in [0, 0.05) is 17.8 Å². The summed E-state index contributed by atoms with van der Waals surface area (Å²) in [6.07, 6.45) is 3.05. The molecule has 1 aromatic carbocycles. The molecule has 0 spiro atoms. The number of fused-ring (bicyclic) bond motifs is 2. The Bertz CT molecular complexity index is 1260. The van der Waals surface area contributed by atoms with Crippen molar-refractivity contribution in [2.75, 3.05) is 11.4 Å². The van der Waals surface area contributed by atoms with Crippen molar-refractivity contribution in [3.8, 4) is 0 Å². The van der Waals surface area contributed by atoms with Crippen LogP contribution in [0.15, 0.2) is 41.2 Å². The van der Waals surface area contributed by atoms with E-state index in [1.807, 2.05) is 31.2 Å². The minimum atomic E-state index is -0.168. The van der Waals surface area contributed by atoms with E-state index in [4.69, 9.17) is 0 Å². The van der Waals surface area contributed by atoms with Gasteiger partial charge >= 0.3 is 0 Å². The second kappa shape index (κ2) is 7.35. The highest BCUT2D eigenvalue weighted by molar-refractivity contribution is 7.21. The summed E-state index contributed by atoms with van der Waals surface area (Å²) in [5.74, 6) is 0.238. The smallest absolute Gasteiger partial charge is 0.284 e. The molecule has 29 heavy (non-hydrogen) atoms. The standard InChI is InChI=1S/C21H20N4O2S2/c1-13-12-15-18(28-13)22-20-25(19(15)27)23-21(29-20)24-11-5-8-16(24)17(26)10-9-14-6-3-2-4-7-14/h2-4,6-7,12,16H,5,8-11H2,1H3/t16-/m1/s1. The van der Waals surface area contributed by atoms with Crippen molar-refractivity contribution in [1.29, 1.82) is 0 Å². The molecule has 0 bridgehead atoms. The normalized spacial score (nSPS) is 16.9. The Kier molecular flexibility index (Phi) is 4.67. The largest absolute Gasteiger partial charge is 0.337 e. The quantitative estimate of drug-likeness (QED) is 0.487. The zero-order valence-electron chi connectivity index (χ0n) is 16.0. The fraction of sp³-hybridized carbons (Fsp3) is 0.333. The summed E-state index contributed by atoms with van der Waals surface area (Å²) in [6.45, 7) is 2.75. The maximum atomic E-state index is 12.9. The van der Waals surface area contributed by atoms with E-state index in [2.05, 4.69) is 27.1 Å². The van der Waals surface area contributed by atoms with Crippen LogP contribution in [0.1, 0.15) is 29.7 Å². The maximum absolute atomic E-state index is 12.9. The number of hydrogen-bond donors (Lipinski definition) is 0. The Morgan fingerprint density at radius 1 is 1.24 bits per heavy atom. The van der Waals surface area contributed by atoms with Crippen LogP contribution in [0.3, 0.4) is 0 Å². The third kappa shape index (κ3) is 3.36. The van der Waals surface area contributed by atoms with Gasteiger partial charge < -0.3 is 4.90 Å².